The fourth-order valence-corrected chi connectivity index (χ4v) is 4.86. The number of hydrogen-bond acceptors (Lipinski definition) is 6. The molecule has 1 aliphatic rings. The average Bonchev–Trinajstić information content (AvgIpc) is 3.06. The summed E-state index contributed by atoms with van der Waals surface area (Å²) >= 11 is 12.0. The second-order valence-corrected chi connectivity index (χ2v) is 9.19. The van der Waals surface area contributed by atoms with E-state index in [-0.39, 0.29) is 15.8 Å². The van der Waals surface area contributed by atoms with Gasteiger partial charge >= 0.3 is 0 Å². The van der Waals surface area contributed by atoms with Crippen LogP contribution in [-0.2, 0) is 16.6 Å². The van der Waals surface area contributed by atoms with Crippen LogP contribution in [-0.4, -0.2) is 54.0 Å². The molecule has 0 N–H and O–H groups in total. The molecule has 7 nitrogen and oxygen atoms in total. The molecule has 0 spiro atoms. The highest BCUT2D eigenvalue weighted by molar-refractivity contribution is 7.89. The number of nitrogens with zero attached hydrogens (tertiary/aromatic N) is 4. The van der Waals surface area contributed by atoms with Gasteiger partial charge in [0.2, 0.25) is 21.8 Å². The zero-order valence-corrected chi connectivity index (χ0v) is 16.9. The molecule has 142 valence electrons. The molecule has 10 heteroatoms. The topological polar surface area (TPSA) is 79.5 Å². The van der Waals surface area contributed by atoms with E-state index in [1.54, 1.807) is 6.07 Å². The van der Waals surface area contributed by atoms with Gasteiger partial charge in [0.15, 0.2) is 0 Å². The predicted octanol–water partition coefficient (Wildman–Crippen LogP) is 3.01. The molecule has 26 heavy (non-hydrogen) atoms. The Kier molecular flexibility index (Phi) is 5.88. The van der Waals surface area contributed by atoms with E-state index in [1.807, 2.05) is 13.8 Å². The molecule has 2 aromatic rings. The van der Waals surface area contributed by atoms with Crippen molar-refractivity contribution in [1.29, 1.82) is 0 Å². The summed E-state index contributed by atoms with van der Waals surface area (Å²) in [7, 11) is -3.68. The third kappa shape index (κ3) is 4.20. The fourth-order valence-electron chi connectivity index (χ4n) is 2.70. The lowest BCUT2D eigenvalue weighted by Crippen LogP contribution is -2.48. The smallest absolute Gasteiger partial charge is 0.244 e. The van der Waals surface area contributed by atoms with Crippen molar-refractivity contribution in [2.24, 2.45) is 0 Å². The van der Waals surface area contributed by atoms with Crippen molar-refractivity contribution in [3.8, 4) is 0 Å². The van der Waals surface area contributed by atoms with Crippen molar-refractivity contribution in [3.05, 3.63) is 40.0 Å². The van der Waals surface area contributed by atoms with Crippen LogP contribution in [0.1, 0.15) is 31.5 Å². The molecule has 2 heterocycles. The molecular formula is C16H20Cl2N4O3S. The summed E-state index contributed by atoms with van der Waals surface area (Å²) in [5, 5.41) is 8.57. The molecule has 0 atom stereocenters. The van der Waals surface area contributed by atoms with E-state index in [4.69, 9.17) is 27.6 Å². The monoisotopic (exact) mass is 418 g/mol. The van der Waals surface area contributed by atoms with Gasteiger partial charge in [-0.15, -0.1) is 10.2 Å². The minimum absolute atomic E-state index is 0.0404. The normalized spacial score (nSPS) is 17.1. The van der Waals surface area contributed by atoms with Crippen molar-refractivity contribution in [2.45, 2.75) is 31.2 Å². The van der Waals surface area contributed by atoms with Gasteiger partial charge in [-0.25, -0.2) is 8.42 Å². The Morgan fingerprint density at radius 3 is 2.46 bits per heavy atom. The summed E-state index contributed by atoms with van der Waals surface area (Å²) in [5.74, 6) is 1.33. The number of benzene rings is 1. The predicted molar refractivity (Wildman–Crippen MR) is 98.9 cm³/mol. The molecule has 1 aromatic carbocycles. The van der Waals surface area contributed by atoms with Gasteiger partial charge in [0.25, 0.3) is 0 Å². The van der Waals surface area contributed by atoms with Crippen LogP contribution in [0.2, 0.25) is 10.0 Å². The molecule has 0 amide bonds. The Morgan fingerprint density at radius 2 is 1.85 bits per heavy atom. The number of aromatic nitrogens is 2. The van der Waals surface area contributed by atoms with Gasteiger partial charge < -0.3 is 4.42 Å². The minimum atomic E-state index is -3.68. The summed E-state index contributed by atoms with van der Waals surface area (Å²) in [4.78, 5) is 2.13. The standard InChI is InChI=1S/C16H20Cl2N4O3S/c1-11(2)16-20-19-15(25-16)10-21-5-7-22(8-6-21)26(23,24)14-9-12(17)3-4-13(14)18/h3-4,9,11H,5-8,10H2,1-2H3. The van der Waals surface area contributed by atoms with Crippen LogP contribution in [0, 0.1) is 0 Å². The average molecular weight is 419 g/mol. The third-order valence-electron chi connectivity index (χ3n) is 4.18. The fraction of sp³-hybridized carbons (Fsp3) is 0.500. The van der Waals surface area contributed by atoms with Crippen molar-refractivity contribution in [3.63, 3.8) is 0 Å². The van der Waals surface area contributed by atoms with Gasteiger partial charge in [0.05, 0.1) is 11.6 Å². The first-order valence-corrected chi connectivity index (χ1v) is 10.5. The molecule has 1 aromatic heterocycles. The molecule has 1 fully saturated rings. The first-order chi connectivity index (χ1) is 12.3. The first-order valence-electron chi connectivity index (χ1n) is 8.27. The maximum absolute atomic E-state index is 12.8. The van der Waals surface area contributed by atoms with Gasteiger partial charge in [-0.2, -0.15) is 4.31 Å². The Hall–Kier alpha value is -1.19. The molecule has 0 bridgehead atoms. The van der Waals surface area contributed by atoms with Gasteiger partial charge in [-0.1, -0.05) is 37.0 Å². The molecule has 0 aliphatic carbocycles. The zero-order valence-electron chi connectivity index (χ0n) is 14.5. The first kappa shape index (κ1) is 19.6. The van der Waals surface area contributed by atoms with Gasteiger partial charge in [0, 0.05) is 37.1 Å². The Labute approximate surface area is 162 Å². The summed E-state index contributed by atoms with van der Waals surface area (Å²) in [6.45, 7) is 6.33. The third-order valence-corrected chi connectivity index (χ3v) is 6.79. The van der Waals surface area contributed by atoms with E-state index in [1.165, 1.54) is 16.4 Å². The molecule has 1 aliphatic heterocycles. The quantitative estimate of drug-likeness (QED) is 0.742. The second-order valence-electron chi connectivity index (χ2n) is 6.44. The van der Waals surface area contributed by atoms with Gasteiger partial charge in [0.1, 0.15) is 4.90 Å². The summed E-state index contributed by atoms with van der Waals surface area (Å²) in [5.41, 5.74) is 0. The van der Waals surface area contributed by atoms with Crippen molar-refractivity contribution in [1.82, 2.24) is 19.4 Å². The highest BCUT2D eigenvalue weighted by atomic mass is 35.5. The summed E-state index contributed by atoms with van der Waals surface area (Å²) < 4.78 is 32.7. The molecule has 1 saturated heterocycles. The minimum Gasteiger partial charge on any atom is -0.424 e. The highest BCUT2D eigenvalue weighted by Crippen LogP contribution is 2.28. The number of halogens is 2. The molecule has 0 saturated carbocycles. The van der Waals surface area contributed by atoms with Crippen LogP contribution < -0.4 is 0 Å². The van der Waals surface area contributed by atoms with E-state index < -0.39 is 10.0 Å². The van der Waals surface area contributed by atoms with Crippen molar-refractivity contribution in [2.75, 3.05) is 26.2 Å². The lowest BCUT2D eigenvalue weighted by molar-refractivity contribution is 0.167. The number of rotatable bonds is 5. The molecule has 0 radical (unpaired) electrons. The van der Waals surface area contributed by atoms with E-state index in [2.05, 4.69) is 15.1 Å². The van der Waals surface area contributed by atoms with E-state index in [0.29, 0.717) is 49.5 Å². The maximum Gasteiger partial charge on any atom is 0.244 e. The van der Waals surface area contributed by atoms with E-state index >= 15 is 0 Å². The Morgan fingerprint density at radius 1 is 1.15 bits per heavy atom. The maximum atomic E-state index is 12.8. The molecule has 0 unspecified atom stereocenters. The van der Waals surface area contributed by atoms with Crippen LogP contribution in [0.25, 0.3) is 0 Å². The lowest BCUT2D eigenvalue weighted by Gasteiger charge is -2.33. The highest BCUT2D eigenvalue weighted by Gasteiger charge is 2.30. The van der Waals surface area contributed by atoms with Crippen LogP contribution >= 0.6 is 23.2 Å². The Balaban J connectivity index is 1.65. The number of hydrogen-bond donors (Lipinski definition) is 0. The molecular weight excluding hydrogens is 399 g/mol. The summed E-state index contributed by atoms with van der Waals surface area (Å²) in [6, 6.07) is 4.45. The van der Waals surface area contributed by atoms with Crippen molar-refractivity contribution < 1.29 is 12.8 Å². The van der Waals surface area contributed by atoms with Crippen LogP contribution in [0.5, 0.6) is 0 Å². The lowest BCUT2D eigenvalue weighted by atomic mass is 10.2. The van der Waals surface area contributed by atoms with Gasteiger partial charge in [-0.05, 0) is 18.2 Å². The largest absolute Gasteiger partial charge is 0.424 e. The van der Waals surface area contributed by atoms with Gasteiger partial charge in [-0.3, -0.25) is 4.90 Å². The molecule has 3 rings (SSSR count). The van der Waals surface area contributed by atoms with Crippen LogP contribution in [0.15, 0.2) is 27.5 Å². The van der Waals surface area contributed by atoms with E-state index in [9.17, 15) is 8.42 Å². The zero-order chi connectivity index (χ0) is 18.9. The summed E-state index contributed by atoms with van der Waals surface area (Å²) in [6.07, 6.45) is 0. The Bertz CT molecular complexity index is 877. The second kappa shape index (κ2) is 7.82. The van der Waals surface area contributed by atoms with Crippen LogP contribution in [0.4, 0.5) is 0 Å². The number of sulfonamides is 1. The van der Waals surface area contributed by atoms with E-state index in [0.717, 1.165) is 0 Å². The number of piperazine rings is 1. The van der Waals surface area contributed by atoms with Crippen LogP contribution in [0.3, 0.4) is 0 Å². The van der Waals surface area contributed by atoms with Crippen molar-refractivity contribution >= 4 is 33.2 Å². The SMILES string of the molecule is CC(C)c1nnc(CN2CCN(S(=O)(=O)c3cc(Cl)ccc3Cl)CC2)o1.